The molecule has 0 fully saturated rings. The summed E-state index contributed by atoms with van der Waals surface area (Å²) in [7, 11) is 0. The van der Waals surface area contributed by atoms with Crippen molar-refractivity contribution in [3.05, 3.63) is 28.7 Å². The Labute approximate surface area is 97.2 Å². The zero-order valence-corrected chi connectivity index (χ0v) is 10.2. The molecule has 0 saturated carbocycles. The van der Waals surface area contributed by atoms with E-state index < -0.39 is 11.6 Å². The van der Waals surface area contributed by atoms with Gasteiger partial charge in [0, 0.05) is 4.47 Å². The molecule has 1 rings (SSSR count). The molecular formula is C11H13BrO3. The van der Waals surface area contributed by atoms with Gasteiger partial charge in [-0.15, -0.1) is 0 Å². The Bertz CT molecular complexity index is 347. The average Bonchev–Trinajstić information content (AvgIpc) is 2.21. The first kappa shape index (κ1) is 12.0. The van der Waals surface area contributed by atoms with E-state index in [4.69, 9.17) is 9.84 Å². The van der Waals surface area contributed by atoms with E-state index in [9.17, 15) is 4.79 Å². The van der Waals surface area contributed by atoms with Gasteiger partial charge in [0.1, 0.15) is 5.75 Å². The summed E-state index contributed by atoms with van der Waals surface area (Å²) in [6.45, 7) is 3.35. The molecule has 1 atom stereocenters. The monoisotopic (exact) mass is 272 g/mol. The Morgan fingerprint density at radius 2 is 2.00 bits per heavy atom. The third-order valence-electron chi connectivity index (χ3n) is 2.28. The topological polar surface area (TPSA) is 46.5 Å². The van der Waals surface area contributed by atoms with Gasteiger partial charge in [-0.3, -0.25) is 0 Å². The SMILES string of the molecule is CC[C@@](C)(Oc1ccc(Br)cc1)C(=O)O. The molecular weight excluding hydrogens is 260 g/mol. The summed E-state index contributed by atoms with van der Waals surface area (Å²) in [5.41, 5.74) is -1.16. The molecule has 0 radical (unpaired) electrons. The quantitative estimate of drug-likeness (QED) is 0.916. The van der Waals surface area contributed by atoms with Crippen molar-refractivity contribution in [3.8, 4) is 5.75 Å². The fourth-order valence-electron chi connectivity index (χ4n) is 1.03. The molecule has 1 aromatic carbocycles. The van der Waals surface area contributed by atoms with Crippen molar-refractivity contribution in [2.75, 3.05) is 0 Å². The van der Waals surface area contributed by atoms with Gasteiger partial charge in [0.2, 0.25) is 5.60 Å². The second-order valence-electron chi connectivity index (χ2n) is 3.45. The smallest absolute Gasteiger partial charge is 0.347 e. The standard InChI is InChI=1S/C11H13BrO3/c1-3-11(2,10(13)14)15-9-6-4-8(12)5-7-9/h4-7H,3H2,1-2H3,(H,13,14)/t11-/m1/s1. The second-order valence-corrected chi connectivity index (χ2v) is 4.36. The number of halogens is 1. The third-order valence-corrected chi connectivity index (χ3v) is 2.81. The number of rotatable bonds is 4. The zero-order chi connectivity index (χ0) is 11.5. The largest absolute Gasteiger partial charge is 0.478 e. The minimum atomic E-state index is -1.16. The number of benzene rings is 1. The van der Waals surface area contributed by atoms with Crippen LogP contribution in [0.15, 0.2) is 28.7 Å². The highest BCUT2D eigenvalue weighted by molar-refractivity contribution is 9.10. The lowest BCUT2D eigenvalue weighted by Crippen LogP contribution is -2.40. The van der Waals surface area contributed by atoms with E-state index >= 15 is 0 Å². The number of hydrogen-bond acceptors (Lipinski definition) is 2. The van der Waals surface area contributed by atoms with E-state index in [2.05, 4.69) is 15.9 Å². The Balaban J connectivity index is 2.84. The number of ether oxygens (including phenoxy) is 1. The number of carboxylic acid groups (broad SMARTS) is 1. The van der Waals surface area contributed by atoms with Gasteiger partial charge < -0.3 is 9.84 Å². The van der Waals surface area contributed by atoms with E-state index in [-0.39, 0.29) is 0 Å². The average molecular weight is 273 g/mol. The van der Waals surface area contributed by atoms with Gasteiger partial charge >= 0.3 is 5.97 Å². The van der Waals surface area contributed by atoms with E-state index in [0.717, 1.165) is 4.47 Å². The predicted molar refractivity (Wildman–Crippen MR) is 61.1 cm³/mol. The van der Waals surface area contributed by atoms with Crippen LogP contribution in [0.2, 0.25) is 0 Å². The highest BCUT2D eigenvalue weighted by Gasteiger charge is 2.33. The molecule has 0 aliphatic heterocycles. The van der Waals surface area contributed by atoms with E-state index in [1.54, 1.807) is 26.0 Å². The molecule has 82 valence electrons. The van der Waals surface area contributed by atoms with Crippen molar-refractivity contribution in [1.29, 1.82) is 0 Å². The van der Waals surface area contributed by atoms with Crippen molar-refractivity contribution in [3.63, 3.8) is 0 Å². The number of aliphatic carboxylic acids is 1. The fraction of sp³-hybridized carbons (Fsp3) is 0.364. The molecule has 15 heavy (non-hydrogen) atoms. The molecule has 1 N–H and O–H groups in total. The lowest BCUT2D eigenvalue weighted by atomic mass is 10.0. The molecule has 1 aromatic rings. The van der Waals surface area contributed by atoms with Gasteiger partial charge in [-0.25, -0.2) is 4.79 Å². The molecule has 0 heterocycles. The molecule has 0 spiro atoms. The van der Waals surface area contributed by atoms with Crippen LogP contribution < -0.4 is 4.74 Å². The summed E-state index contributed by atoms with van der Waals surface area (Å²) in [5.74, 6) is -0.391. The Hall–Kier alpha value is -1.03. The van der Waals surface area contributed by atoms with E-state index in [1.165, 1.54) is 0 Å². The summed E-state index contributed by atoms with van der Waals surface area (Å²) in [6, 6.07) is 7.10. The van der Waals surface area contributed by atoms with Gasteiger partial charge in [0.15, 0.2) is 0 Å². The van der Waals surface area contributed by atoms with Crippen LogP contribution in [0.5, 0.6) is 5.75 Å². The van der Waals surface area contributed by atoms with Gasteiger partial charge in [-0.05, 0) is 37.6 Å². The molecule has 3 nitrogen and oxygen atoms in total. The lowest BCUT2D eigenvalue weighted by molar-refractivity contribution is -0.154. The maximum Gasteiger partial charge on any atom is 0.347 e. The first-order chi connectivity index (χ1) is 6.98. The molecule has 0 aromatic heterocycles. The van der Waals surface area contributed by atoms with Crippen LogP contribution in [-0.2, 0) is 4.79 Å². The Morgan fingerprint density at radius 3 is 2.40 bits per heavy atom. The summed E-state index contributed by atoms with van der Waals surface area (Å²) in [4.78, 5) is 11.0. The highest BCUT2D eigenvalue weighted by atomic mass is 79.9. The van der Waals surface area contributed by atoms with Gasteiger partial charge in [0.05, 0.1) is 0 Å². The van der Waals surface area contributed by atoms with Gasteiger partial charge in [0.25, 0.3) is 0 Å². The van der Waals surface area contributed by atoms with Crippen molar-refractivity contribution in [2.24, 2.45) is 0 Å². The fourth-order valence-corrected chi connectivity index (χ4v) is 1.29. The first-order valence-corrected chi connectivity index (χ1v) is 5.45. The minimum Gasteiger partial charge on any atom is -0.478 e. The summed E-state index contributed by atoms with van der Waals surface area (Å²) in [6.07, 6.45) is 0.415. The van der Waals surface area contributed by atoms with Gasteiger partial charge in [-0.1, -0.05) is 22.9 Å². The third kappa shape index (κ3) is 2.96. The van der Waals surface area contributed by atoms with Crippen LogP contribution in [0.1, 0.15) is 20.3 Å². The van der Waals surface area contributed by atoms with Crippen molar-refractivity contribution in [2.45, 2.75) is 25.9 Å². The number of hydrogen-bond donors (Lipinski definition) is 1. The summed E-state index contributed by atoms with van der Waals surface area (Å²) in [5, 5.41) is 9.01. The molecule has 0 aliphatic carbocycles. The van der Waals surface area contributed by atoms with Crippen molar-refractivity contribution >= 4 is 21.9 Å². The molecule has 0 amide bonds. The highest BCUT2D eigenvalue weighted by Crippen LogP contribution is 2.23. The Morgan fingerprint density at radius 1 is 1.47 bits per heavy atom. The summed E-state index contributed by atoms with van der Waals surface area (Å²) < 4.78 is 6.38. The van der Waals surface area contributed by atoms with Crippen LogP contribution in [-0.4, -0.2) is 16.7 Å². The molecule has 0 bridgehead atoms. The Kier molecular flexibility index (Phi) is 3.74. The maximum absolute atomic E-state index is 11.0. The summed E-state index contributed by atoms with van der Waals surface area (Å²) >= 11 is 3.30. The second kappa shape index (κ2) is 4.66. The van der Waals surface area contributed by atoms with Crippen molar-refractivity contribution < 1.29 is 14.6 Å². The van der Waals surface area contributed by atoms with E-state index in [0.29, 0.717) is 12.2 Å². The molecule has 0 aliphatic rings. The van der Waals surface area contributed by atoms with Crippen LogP contribution in [0.3, 0.4) is 0 Å². The van der Waals surface area contributed by atoms with Crippen LogP contribution in [0.25, 0.3) is 0 Å². The zero-order valence-electron chi connectivity index (χ0n) is 8.66. The normalized spacial score (nSPS) is 14.3. The molecule has 4 heteroatoms. The first-order valence-electron chi connectivity index (χ1n) is 4.66. The minimum absolute atomic E-state index is 0.415. The number of carboxylic acids is 1. The molecule has 0 unspecified atom stereocenters. The van der Waals surface area contributed by atoms with Crippen molar-refractivity contribution in [1.82, 2.24) is 0 Å². The van der Waals surface area contributed by atoms with E-state index in [1.807, 2.05) is 12.1 Å². The van der Waals surface area contributed by atoms with Crippen LogP contribution in [0, 0.1) is 0 Å². The van der Waals surface area contributed by atoms with Crippen LogP contribution in [0.4, 0.5) is 0 Å². The number of carbonyl (C=O) groups is 1. The maximum atomic E-state index is 11.0. The molecule has 0 saturated heterocycles. The van der Waals surface area contributed by atoms with Gasteiger partial charge in [-0.2, -0.15) is 0 Å². The predicted octanol–water partition coefficient (Wildman–Crippen LogP) is 3.08. The van der Waals surface area contributed by atoms with Crippen LogP contribution >= 0.6 is 15.9 Å². The lowest BCUT2D eigenvalue weighted by Gasteiger charge is -2.24.